The van der Waals surface area contributed by atoms with Crippen molar-refractivity contribution in [2.24, 2.45) is 0 Å². The van der Waals surface area contributed by atoms with E-state index in [0.717, 1.165) is 0 Å². The summed E-state index contributed by atoms with van der Waals surface area (Å²) in [5.41, 5.74) is 2.19. The molecule has 14 heavy (non-hydrogen) atoms. The topological polar surface area (TPSA) is 20.2 Å². The van der Waals surface area contributed by atoms with Gasteiger partial charge in [0, 0.05) is 0 Å². The van der Waals surface area contributed by atoms with Crippen LogP contribution in [0.4, 0.5) is 0 Å². The zero-order valence-corrected chi connectivity index (χ0v) is 10.1. The molecule has 0 aromatic heterocycles. The Morgan fingerprint density at radius 3 is 2.29 bits per heavy atom. The van der Waals surface area contributed by atoms with E-state index in [9.17, 15) is 5.11 Å². The van der Waals surface area contributed by atoms with E-state index in [1.54, 1.807) is 6.92 Å². The first kappa shape index (κ1) is 11.2. The summed E-state index contributed by atoms with van der Waals surface area (Å²) in [6.45, 7) is 6.34. The molecule has 1 N–H and O–H groups in total. The summed E-state index contributed by atoms with van der Waals surface area (Å²) in [6.07, 6.45) is 1.55. The molecule has 76 valence electrons. The normalized spacial score (nSPS) is 14.6. The van der Waals surface area contributed by atoms with Crippen molar-refractivity contribution in [2.75, 3.05) is 0 Å². The summed E-state index contributed by atoms with van der Waals surface area (Å²) < 4.78 is 0. The molecule has 0 aliphatic heterocycles. The molecular formula is C12H18OSi. The number of benzene rings is 1. The Balaban J connectivity index is 2.86. The van der Waals surface area contributed by atoms with Gasteiger partial charge in [-0.3, -0.25) is 0 Å². The number of rotatable bonds is 3. The summed E-state index contributed by atoms with van der Waals surface area (Å²) in [4.78, 5) is 0. The Hall–Kier alpha value is -0.863. The third kappa shape index (κ3) is 3.12. The summed E-state index contributed by atoms with van der Waals surface area (Å²) in [7, 11) is -1.48. The summed E-state index contributed by atoms with van der Waals surface area (Å²) >= 11 is 0. The van der Waals surface area contributed by atoms with E-state index in [4.69, 9.17) is 0 Å². The van der Waals surface area contributed by atoms with Crippen LogP contribution < -0.4 is 5.19 Å². The van der Waals surface area contributed by atoms with Crippen LogP contribution in [-0.4, -0.2) is 19.3 Å². The third-order valence-electron chi connectivity index (χ3n) is 2.31. The van der Waals surface area contributed by atoms with E-state index in [1.807, 2.05) is 12.1 Å². The van der Waals surface area contributed by atoms with Crippen LogP contribution in [0.5, 0.6) is 0 Å². The zero-order chi connectivity index (χ0) is 10.6. The van der Waals surface area contributed by atoms with Crippen LogP contribution in [0.2, 0.25) is 13.1 Å². The molecule has 1 aromatic rings. The van der Waals surface area contributed by atoms with Gasteiger partial charge in [0.1, 0.15) is 8.07 Å². The Morgan fingerprint density at radius 2 is 1.79 bits per heavy atom. The fourth-order valence-electron chi connectivity index (χ4n) is 1.34. The lowest BCUT2D eigenvalue weighted by Crippen LogP contribution is -2.39. The van der Waals surface area contributed by atoms with E-state index < -0.39 is 8.07 Å². The molecule has 1 rings (SSSR count). The van der Waals surface area contributed by atoms with Gasteiger partial charge in [0.15, 0.2) is 0 Å². The SMILES string of the molecule is CC(O)/C=C/[Si](C)(C)c1ccccc1. The second-order valence-electron chi connectivity index (χ2n) is 4.19. The maximum absolute atomic E-state index is 9.20. The molecule has 0 spiro atoms. The highest BCUT2D eigenvalue weighted by atomic mass is 28.3. The number of hydrogen-bond acceptors (Lipinski definition) is 1. The summed E-state index contributed by atoms with van der Waals surface area (Å²) in [5, 5.41) is 10.6. The number of aliphatic hydroxyl groups is 1. The highest BCUT2D eigenvalue weighted by Crippen LogP contribution is 2.05. The first-order chi connectivity index (χ1) is 6.52. The van der Waals surface area contributed by atoms with Crippen molar-refractivity contribution in [3.8, 4) is 0 Å². The Labute approximate surface area is 87.1 Å². The monoisotopic (exact) mass is 206 g/mol. The Kier molecular flexibility index (Phi) is 3.67. The minimum absolute atomic E-state index is 0.342. The average Bonchev–Trinajstić information content (AvgIpc) is 2.16. The molecule has 1 nitrogen and oxygen atoms in total. The Morgan fingerprint density at radius 1 is 1.21 bits per heavy atom. The minimum atomic E-state index is -1.48. The van der Waals surface area contributed by atoms with Gasteiger partial charge in [-0.25, -0.2) is 0 Å². The van der Waals surface area contributed by atoms with Crippen molar-refractivity contribution < 1.29 is 5.11 Å². The zero-order valence-electron chi connectivity index (χ0n) is 9.07. The highest BCUT2D eigenvalue weighted by molar-refractivity contribution is 6.93. The first-order valence-corrected chi connectivity index (χ1v) is 8.03. The van der Waals surface area contributed by atoms with Gasteiger partial charge in [0.25, 0.3) is 0 Å². The van der Waals surface area contributed by atoms with Crippen LogP contribution in [0.3, 0.4) is 0 Å². The maximum Gasteiger partial charge on any atom is 0.103 e. The van der Waals surface area contributed by atoms with Crippen LogP contribution in [0.25, 0.3) is 0 Å². The molecule has 0 amide bonds. The second-order valence-corrected chi connectivity index (χ2v) is 8.54. The van der Waals surface area contributed by atoms with Crippen molar-refractivity contribution in [3.63, 3.8) is 0 Å². The smallest absolute Gasteiger partial charge is 0.103 e. The molecule has 1 atom stereocenters. The van der Waals surface area contributed by atoms with E-state index >= 15 is 0 Å². The lowest BCUT2D eigenvalue weighted by atomic mass is 10.4. The molecule has 1 unspecified atom stereocenters. The van der Waals surface area contributed by atoms with Crippen molar-refractivity contribution in [1.29, 1.82) is 0 Å². The van der Waals surface area contributed by atoms with Crippen molar-refractivity contribution in [2.45, 2.75) is 26.1 Å². The lowest BCUT2D eigenvalue weighted by Gasteiger charge is -2.18. The number of aliphatic hydroxyl groups excluding tert-OH is 1. The number of hydrogen-bond donors (Lipinski definition) is 1. The van der Waals surface area contributed by atoms with Gasteiger partial charge in [0.2, 0.25) is 0 Å². The fraction of sp³-hybridized carbons (Fsp3) is 0.333. The van der Waals surface area contributed by atoms with Crippen molar-refractivity contribution in [3.05, 3.63) is 42.1 Å². The summed E-state index contributed by atoms with van der Waals surface area (Å²) in [5.74, 6) is 0. The molecule has 2 heteroatoms. The summed E-state index contributed by atoms with van der Waals surface area (Å²) in [6, 6.07) is 10.5. The van der Waals surface area contributed by atoms with Crippen molar-refractivity contribution >= 4 is 13.3 Å². The standard InChI is InChI=1S/C12H18OSi/c1-11(13)9-10-14(2,3)12-7-5-4-6-8-12/h4-11,13H,1-3H3/b10-9+. The second kappa shape index (κ2) is 4.58. The van der Waals surface area contributed by atoms with Crippen LogP contribution in [0.1, 0.15) is 6.92 Å². The van der Waals surface area contributed by atoms with Crippen LogP contribution in [-0.2, 0) is 0 Å². The minimum Gasteiger partial charge on any atom is -0.389 e. The van der Waals surface area contributed by atoms with Crippen LogP contribution in [0, 0.1) is 0 Å². The van der Waals surface area contributed by atoms with E-state index in [1.165, 1.54) is 5.19 Å². The van der Waals surface area contributed by atoms with Crippen molar-refractivity contribution in [1.82, 2.24) is 0 Å². The van der Waals surface area contributed by atoms with Crippen LogP contribution >= 0.6 is 0 Å². The van der Waals surface area contributed by atoms with Gasteiger partial charge >= 0.3 is 0 Å². The maximum atomic E-state index is 9.20. The predicted molar refractivity (Wildman–Crippen MR) is 64.4 cm³/mol. The third-order valence-corrected chi connectivity index (χ3v) is 5.16. The Bertz CT molecular complexity index is 301. The lowest BCUT2D eigenvalue weighted by molar-refractivity contribution is 0.244. The molecule has 0 bridgehead atoms. The predicted octanol–water partition coefficient (Wildman–Crippen LogP) is 2.08. The first-order valence-electron chi connectivity index (χ1n) is 4.95. The van der Waals surface area contributed by atoms with Gasteiger partial charge in [0.05, 0.1) is 6.10 Å². The van der Waals surface area contributed by atoms with Gasteiger partial charge in [-0.15, -0.1) is 0 Å². The van der Waals surface area contributed by atoms with E-state index in [2.05, 4.69) is 43.1 Å². The van der Waals surface area contributed by atoms with Gasteiger partial charge in [-0.2, -0.15) is 0 Å². The van der Waals surface area contributed by atoms with E-state index in [-0.39, 0.29) is 6.10 Å². The molecule has 0 heterocycles. The average molecular weight is 206 g/mol. The van der Waals surface area contributed by atoms with Crippen LogP contribution in [0.15, 0.2) is 42.1 Å². The molecule has 0 radical (unpaired) electrons. The van der Waals surface area contributed by atoms with E-state index in [0.29, 0.717) is 0 Å². The highest BCUT2D eigenvalue weighted by Gasteiger charge is 2.18. The fourth-order valence-corrected chi connectivity index (χ4v) is 3.35. The van der Waals surface area contributed by atoms with Gasteiger partial charge in [-0.1, -0.05) is 60.4 Å². The molecule has 0 saturated heterocycles. The molecule has 0 saturated carbocycles. The quantitative estimate of drug-likeness (QED) is 0.751. The van der Waals surface area contributed by atoms with Gasteiger partial charge < -0.3 is 5.11 Å². The molecule has 0 aliphatic rings. The molecular weight excluding hydrogens is 188 g/mol. The van der Waals surface area contributed by atoms with Gasteiger partial charge in [-0.05, 0) is 6.92 Å². The largest absolute Gasteiger partial charge is 0.389 e. The molecule has 1 aromatic carbocycles. The molecule has 0 fully saturated rings. The molecule has 0 aliphatic carbocycles.